The van der Waals surface area contributed by atoms with Gasteiger partial charge in [-0.1, -0.05) is 11.6 Å². The standard InChI is InChI=1S/C15H14ClNO3.Na/c1-9-7-12(8-13(18)19)17(2)14(9)15(20)10-3-5-11(16)6-4-10;/h3-7H,8H2,1-2H3,(H,18,19);/q;+1. The number of ketones is 1. The van der Waals surface area contributed by atoms with Gasteiger partial charge in [0.25, 0.3) is 0 Å². The molecular formula is C15H14ClNNaO3+. The maximum atomic E-state index is 12.5. The van der Waals surface area contributed by atoms with Crippen molar-refractivity contribution < 1.29 is 44.3 Å². The summed E-state index contributed by atoms with van der Waals surface area (Å²) in [6.45, 7) is 1.80. The molecule has 0 aliphatic heterocycles. The summed E-state index contributed by atoms with van der Waals surface area (Å²) in [5, 5.41) is 9.43. The Morgan fingerprint density at radius 2 is 1.81 bits per heavy atom. The first-order chi connectivity index (χ1) is 9.40. The van der Waals surface area contributed by atoms with Crippen molar-refractivity contribution in [1.82, 2.24) is 4.57 Å². The smallest absolute Gasteiger partial charge is 0.481 e. The average Bonchev–Trinajstić information content (AvgIpc) is 2.64. The fourth-order valence-corrected chi connectivity index (χ4v) is 2.34. The fourth-order valence-electron chi connectivity index (χ4n) is 2.22. The van der Waals surface area contributed by atoms with Gasteiger partial charge in [0.15, 0.2) is 0 Å². The molecule has 4 nitrogen and oxygen atoms in total. The molecule has 21 heavy (non-hydrogen) atoms. The Bertz CT molecular complexity index is 677. The quantitative estimate of drug-likeness (QED) is 0.631. The van der Waals surface area contributed by atoms with Gasteiger partial charge in [0.1, 0.15) is 0 Å². The van der Waals surface area contributed by atoms with Gasteiger partial charge in [-0.05, 0) is 42.8 Å². The molecule has 0 atom stereocenters. The van der Waals surface area contributed by atoms with Gasteiger partial charge < -0.3 is 9.67 Å². The molecule has 0 radical (unpaired) electrons. The summed E-state index contributed by atoms with van der Waals surface area (Å²) in [6, 6.07) is 8.37. The Kier molecular flexibility index (Phi) is 6.23. The number of carboxylic acids is 1. The number of carbonyl (C=O) groups excluding carboxylic acids is 1. The number of hydrogen-bond acceptors (Lipinski definition) is 2. The van der Waals surface area contributed by atoms with Crippen molar-refractivity contribution in [2.45, 2.75) is 13.3 Å². The molecule has 0 unspecified atom stereocenters. The van der Waals surface area contributed by atoms with Crippen molar-refractivity contribution in [2.24, 2.45) is 7.05 Å². The van der Waals surface area contributed by atoms with Gasteiger partial charge in [-0.25, -0.2) is 0 Å². The summed E-state index contributed by atoms with van der Waals surface area (Å²) in [5.41, 5.74) is 2.40. The zero-order valence-corrected chi connectivity index (χ0v) is 14.9. The molecule has 0 fully saturated rings. The summed E-state index contributed by atoms with van der Waals surface area (Å²) < 4.78 is 1.64. The van der Waals surface area contributed by atoms with Gasteiger partial charge in [0, 0.05) is 23.3 Å². The molecule has 0 aliphatic carbocycles. The third kappa shape index (κ3) is 3.98. The molecule has 0 spiro atoms. The predicted octanol–water partition coefficient (Wildman–Crippen LogP) is -0.151. The summed E-state index contributed by atoms with van der Waals surface area (Å²) in [4.78, 5) is 23.3. The molecule has 0 saturated heterocycles. The Labute approximate surface area is 150 Å². The van der Waals surface area contributed by atoms with Crippen LogP contribution < -0.4 is 29.6 Å². The summed E-state index contributed by atoms with van der Waals surface area (Å²) in [7, 11) is 1.70. The summed E-state index contributed by atoms with van der Waals surface area (Å²) in [6.07, 6.45) is -0.106. The van der Waals surface area contributed by atoms with Crippen molar-refractivity contribution >= 4 is 23.4 Å². The number of aryl methyl sites for hydroxylation is 1. The van der Waals surface area contributed by atoms with E-state index in [0.29, 0.717) is 22.0 Å². The van der Waals surface area contributed by atoms with Crippen LogP contribution in [0.4, 0.5) is 0 Å². The maximum Gasteiger partial charge on any atom is 1.00 e. The number of hydrogen-bond donors (Lipinski definition) is 1. The first kappa shape index (κ1) is 18.0. The molecule has 1 aromatic carbocycles. The molecule has 0 bridgehead atoms. The number of benzene rings is 1. The number of halogens is 1. The molecule has 1 aromatic heterocycles. The summed E-state index contributed by atoms with van der Waals surface area (Å²) in [5.74, 6) is -1.06. The second-order valence-corrected chi connectivity index (χ2v) is 5.07. The van der Waals surface area contributed by atoms with Crippen LogP contribution in [0.25, 0.3) is 0 Å². The predicted molar refractivity (Wildman–Crippen MR) is 76.4 cm³/mol. The number of aliphatic carboxylic acids is 1. The van der Waals surface area contributed by atoms with E-state index in [1.165, 1.54) is 0 Å². The Morgan fingerprint density at radius 3 is 2.33 bits per heavy atom. The monoisotopic (exact) mass is 314 g/mol. The third-order valence-corrected chi connectivity index (χ3v) is 3.43. The molecule has 0 saturated carbocycles. The minimum absolute atomic E-state index is 0. The first-order valence-electron chi connectivity index (χ1n) is 6.07. The largest absolute Gasteiger partial charge is 1.00 e. The van der Waals surface area contributed by atoms with E-state index in [4.69, 9.17) is 16.7 Å². The number of aromatic nitrogens is 1. The molecule has 0 amide bonds. The van der Waals surface area contributed by atoms with E-state index in [2.05, 4.69) is 0 Å². The Morgan fingerprint density at radius 1 is 1.24 bits per heavy atom. The molecule has 0 aliphatic rings. The van der Waals surface area contributed by atoms with Crippen LogP contribution in [0.3, 0.4) is 0 Å². The van der Waals surface area contributed by atoms with E-state index in [0.717, 1.165) is 5.56 Å². The van der Waals surface area contributed by atoms with Gasteiger partial charge in [-0.15, -0.1) is 0 Å². The van der Waals surface area contributed by atoms with E-state index in [9.17, 15) is 9.59 Å². The van der Waals surface area contributed by atoms with Crippen LogP contribution in [-0.4, -0.2) is 21.4 Å². The zero-order valence-electron chi connectivity index (χ0n) is 12.2. The van der Waals surface area contributed by atoms with Gasteiger partial charge >= 0.3 is 35.5 Å². The number of nitrogens with zero attached hydrogens (tertiary/aromatic N) is 1. The zero-order chi connectivity index (χ0) is 14.9. The van der Waals surface area contributed by atoms with E-state index >= 15 is 0 Å². The second-order valence-electron chi connectivity index (χ2n) is 4.63. The van der Waals surface area contributed by atoms with Gasteiger partial charge in [0.05, 0.1) is 12.1 Å². The van der Waals surface area contributed by atoms with Crippen molar-refractivity contribution in [3.63, 3.8) is 0 Å². The normalized spacial score (nSPS) is 10.0. The molecule has 1 heterocycles. The number of carboxylic acid groups (broad SMARTS) is 1. The van der Waals surface area contributed by atoms with Gasteiger partial charge in [-0.2, -0.15) is 0 Å². The Hall–Kier alpha value is -1.07. The molecule has 104 valence electrons. The molecule has 2 rings (SSSR count). The molecule has 2 aromatic rings. The van der Waals surface area contributed by atoms with Crippen molar-refractivity contribution in [2.75, 3.05) is 0 Å². The van der Waals surface area contributed by atoms with Crippen LogP contribution in [0.2, 0.25) is 5.02 Å². The topological polar surface area (TPSA) is 59.3 Å². The van der Waals surface area contributed by atoms with Crippen LogP contribution in [0.5, 0.6) is 0 Å². The molecular weight excluding hydrogens is 301 g/mol. The third-order valence-electron chi connectivity index (χ3n) is 3.18. The first-order valence-corrected chi connectivity index (χ1v) is 6.45. The summed E-state index contributed by atoms with van der Waals surface area (Å²) >= 11 is 5.80. The van der Waals surface area contributed by atoms with Crippen molar-refractivity contribution in [1.29, 1.82) is 0 Å². The van der Waals surface area contributed by atoms with Crippen LogP contribution >= 0.6 is 11.6 Å². The van der Waals surface area contributed by atoms with E-state index in [-0.39, 0.29) is 41.8 Å². The molecule has 6 heteroatoms. The van der Waals surface area contributed by atoms with E-state index < -0.39 is 5.97 Å². The van der Waals surface area contributed by atoms with Crippen molar-refractivity contribution in [3.8, 4) is 0 Å². The van der Waals surface area contributed by atoms with E-state index in [1.807, 2.05) is 0 Å². The Balaban J connectivity index is 0.00000220. The van der Waals surface area contributed by atoms with Crippen LogP contribution in [0, 0.1) is 6.92 Å². The van der Waals surface area contributed by atoms with Gasteiger partial charge in [0.2, 0.25) is 5.78 Å². The van der Waals surface area contributed by atoms with Crippen molar-refractivity contribution in [3.05, 3.63) is 57.9 Å². The maximum absolute atomic E-state index is 12.5. The SMILES string of the molecule is Cc1cc(CC(=O)O)n(C)c1C(=O)c1ccc(Cl)cc1.[Na+]. The van der Waals surface area contributed by atoms with Crippen LogP contribution in [-0.2, 0) is 18.3 Å². The van der Waals surface area contributed by atoms with Crippen LogP contribution in [0.1, 0.15) is 27.3 Å². The fraction of sp³-hybridized carbons (Fsp3) is 0.200. The average molecular weight is 315 g/mol. The second kappa shape index (κ2) is 7.27. The van der Waals surface area contributed by atoms with E-state index in [1.54, 1.807) is 48.9 Å². The van der Waals surface area contributed by atoms with Crippen LogP contribution in [0.15, 0.2) is 30.3 Å². The minimum Gasteiger partial charge on any atom is -0.481 e. The molecule has 1 N–H and O–H groups in total. The minimum atomic E-state index is -0.920. The van der Waals surface area contributed by atoms with Gasteiger partial charge in [-0.3, -0.25) is 9.59 Å². The number of carbonyl (C=O) groups is 2. The number of rotatable bonds is 4.